The van der Waals surface area contributed by atoms with Gasteiger partial charge in [0.1, 0.15) is 0 Å². The number of hydrogen-bond donors (Lipinski definition) is 0. The van der Waals surface area contributed by atoms with Crippen LogP contribution in [0.1, 0.15) is 32.7 Å². The minimum absolute atomic E-state index is 0.0669. The average molecular weight is 461 g/mol. The smallest absolute Gasteiger partial charge is 0.260 e. The number of fused-ring (bicyclic) bond motifs is 2. The average Bonchev–Trinajstić information content (AvgIpc) is 3.26. The molecule has 0 N–H and O–H groups in total. The van der Waals surface area contributed by atoms with E-state index < -0.39 is 0 Å². The molecule has 176 valence electrons. The molecular formula is C26H28N4O4. The molecule has 3 aliphatic heterocycles. The van der Waals surface area contributed by atoms with Crippen molar-refractivity contribution < 1.29 is 19.1 Å². The third-order valence-corrected chi connectivity index (χ3v) is 6.73. The standard InChI is InChI=1S/C26H28N4O4/c1-28-8-10-29(11-9-28)25(31)18-6-4-17(5-7-18)19-12-20-15-27-22-14-24(34-3)23(33-2)13-21(22)26(32)30(20)16-19/h4-7,13-16,20H,8-12H2,1-3H3/t20-/m0/s1. The Balaban J connectivity index is 1.36. The van der Waals surface area contributed by atoms with E-state index in [1.165, 1.54) is 0 Å². The molecular weight excluding hydrogens is 432 g/mol. The predicted octanol–water partition coefficient (Wildman–Crippen LogP) is 3.06. The van der Waals surface area contributed by atoms with Crippen molar-refractivity contribution in [1.29, 1.82) is 0 Å². The summed E-state index contributed by atoms with van der Waals surface area (Å²) >= 11 is 0. The van der Waals surface area contributed by atoms with Gasteiger partial charge in [-0.25, -0.2) is 0 Å². The molecule has 0 saturated carbocycles. The van der Waals surface area contributed by atoms with Gasteiger partial charge in [0.15, 0.2) is 11.5 Å². The zero-order valence-corrected chi connectivity index (χ0v) is 19.7. The van der Waals surface area contributed by atoms with Crippen LogP contribution in [0.15, 0.2) is 47.6 Å². The second-order valence-corrected chi connectivity index (χ2v) is 8.81. The molecule has 0 spiro atoms. The summed E-state index contributed by atoms with van der Waals surface area (Å²) in [6.07, 6.45) is 4.36. The molecule has 0 aromatic heterocycles. The quantitative estimate of drug-likeness (QED) is 0.701. The molecule has 1 saturated heterocycles. The van der Waals surface area contributed by atoms with Crippen molar-refractivity contribution in [2.45, 2.75) is 12.5 Å². The Morgan fingerprint density at radius 2 is 1.68 bits per heavy atom. The Morgan fingerprint density at radius 3 is 2.35 bits per heavy atom. The van der Waals surface area contributed by atoms with Crippen molar-refractivity contribution in [3.8, 4) is 11.5 Å². The van der Waals surface area contributed by atoms with Crippen LogP contribution in [-0.2, 0) is 0 Å². The van der Waals surface area contributed by atoms with Crippen LogP contribution in [-0.4, -0.2) is 86.2 Å². The van der Waals surface area contributed by atoms with E-state index in [1.807, 2.05) is 41.6 Å². The molecule has 2 aromatic carbocycles. The van der Waals surface area contributed by atoms with Crippen molar-refractivity contribution in [1.82, 2.24) is 14.7 Å². The van der Waals surface area contributed by atoms with Gasteiger partial charge in [-0.05, 0) is 36.4 Å². The second-order valence-electron chi connectivity index (χ2n) is 8.81. The van der Waals surface area contributed by atoms with Gasteiger partial charge in [-0.2, -0.15) is 0 Å². The molecule has 34 heavy (non-hydrogen) atoms. The van der Waals surface area contributed by atoms with E-state index in [9.17, 15) is 9.59 Å². The molecule has 0 radical (unpaired) electrons. The highest BCUT2D eigenvalue weighted by Gasteiger charge is 2.33. The molecule has 0 bridgehead atoms. The molecule has 8 heteroatoms. The number of methoxy groups -OCH3 is 2. The highest BCUT2D eigenvalue weighted by molar-refractivity contribution is 6.05. The number of nitrogens with zero attached hydrogens (tertiary/aromatic N) is 4. The number of rotatable bonds is 4. The van der Waals surface area contributed by atoms with Gasteiger partial charge in [-0.15, -0.1) is 0 Å². The third kappa shape index (κ3) is 3.94. The number of ether oxygens (including phenoxy) is 2. The Kier molecular flexibility index (Phi) is 5.83. The maximum Gasteiger partial charge on any atom is 0.260 e. The summed E-state index contributed by atoms with van der Waals surface area (Å²) in [7, 11) is 5.18. The van der Waals surface area contributed by atoms with Crippen molar-refractivity contribution >= 4 is 29.3 Å². The minimum Gasteiger partial charge on any atom is -0.493 e. The summed E-state index contributed by atoms with van der Waals surface area (Å²) in [6.45, 7) is 3.29. The highest BCUT2D eigenvalue weighted by atomic mass is 16.5. The Bertz CT molecular complexity index is 1180. The largest absolute Gasteiger partial charge is 0.493 e. The summed E-state index contributed by atoms with van der Waals surface area (Å²) in [5.74, 6) is 0.968. The summed E-state index contributed by atoms with van der Waals surface area (Å²) < 4.78 is 10.7. The lowest BCUT2D eigenvalue weighted by atomic mass is 10.0. The fourth-order valence-electron chi connectivity index (χ4n) is 4.64. The van der Waals surface area contributed by atoms with Gasteiger partial charge in [0.25, 0.3) is 11.8 Å². The first kappa shape index (κ1) is 22.2. The molecule has 0 unspecified atom stereocenters. The minimum atomic E-state index is -0.168. The van der Waals surface area contributed by atoms with Crippen LogP contribution in [0, 0.1) is 0 Å². The number of aliphatic imine (C=N–C) groups is 1. The van der Waals surface area contributed by atoms with Crippen molar-refractivity contribution in [3.05, 3.63) is 59.3 Å². The lowest BCUT2D eigenvalue weighted by molar-refractivity contribution is 0.0663. The van der Waals surface area contributed by atoms with Gasteiger partial charge in [0, 0.05) is 56.6 Å². The lowest BCUT2D eigenvalue weighted by Crippen LogP contribution is -2.47. The van der Waals surface area contributed by atoms with Gasteiger partial charge in [0.05, 0.1) is 31.5 Å². The van der Waals surface area contributed by atoms with E-state index in [0.717, 1.165) is 37.3 Å². The number of carbonyl (C=O) groups excluding carboxylic acids is 2. The van der Waals surface area contributed by atoms with Crippen LogP contribution in [0.5, 0.6) is 11.5 Å². The van der Waals surface area contributed by atoms with Crippen LogP contribution < -0.4 is 9.47 Å². The summed E-state index contributed by atoms with van der Waals surface area (Å²) in [6, 6.07) is 10.9. The molecule has 3 heterocycles. The normalized spacial score (nSPS) is 19.9. The van der Waals surface area contributed by atoms with E-state index in [4.69, 9.17) is 9.47 Å². The molecule has 2 amide bonds. The van der Waals surface area contributed by atoms with E-state index >= 15 is 0 Å². The molecule has 1 atom stereocenters. The SMILES string of the molecule is COc1cc2c(cc1OC)C(=O)N1C=C(c3ccc(C(=O)N4CCN(C)CC4)cc3)C[C@H]1C=N2. The van der Waals surface area contributed by atoms with Crippen LogP contribution in [0.4, 0.5) is 5.69 Å². The third-order valence-electron chi connectivity index (χ3n) is 6.73. The first-order valence-corrected chi connectivity index (χ1v) is 11.4. The van der Waals surface area contributed by atoms with Gasteiger partial charge in [-0.3, -0.25) is 14.6 Å². The van der Waals surface area contributed by atoms with Crippen molar-refractivity contribution in [3.63, 3.8) is 0 Å². The summed E-state index contributed by atoms with van der Waals surface area (Å²) in [5, 5.41) is 0. The number of piperazine rings is 1. The second kappa shape index (κ2) is 8.95. The monoisotopic (exact) mass is 460 g/mol. The van der Waals surface area contributed by atoms with E-state index in [1.54, 1.807) is 31.3 Å². The molecule has 8 nitrogen and oxygen atoms in total. The fraction of sp³-hybridized carbons (Fsp3) is 0.346. The van der Waals surface area contributed by atoms with Gasteiger partial charge in [0.2, 0.25) is 0 Å². The predicted molar refractivity (Wildman–Crippen MR) is 130 cm³/mol. The van der Waals surface area contributed by atoms with Gasteiger partial charge in [-0.1, -0.05) is 12.1 Å². The van der Waals surface area contributed by atoms with Crippen molar-refractivity contribution in [2.24, 2.45) is 4.99 Å². The fourth-order valence-corrected chi connectivity index (χ4v) is 4.64. The maximum absolute atomic E-state index is 13.4. The first-order chi connectivity index (χ1) is 16.5. The van der Waals surface area contributed by atoms with Crippen molar-refractivity contribution in [2.75, 3.05) is 47.4 Å². The van der Waals surface area contributed by atoms with Crippen LogP contribution in [0.2, 0.25) is 0 Å². The summed E-state index contributed by atoms with van der Waals surface area (Å²) in [5.41, 5.74) is 3.76. The number of hydrogen-bond acceptors (Lipinski definition) is 6. The van der Waals surface area contributed by atoms with Gasteiger partial charge < -0.3 is 24.2 Å². The number of likely N-dealkylation sites (N-methyl/N-ethyl adjacent to an activating group) is 1. The molecule has 0 aliphatic carbocycles. The number of benzene rings is 2. The highest BCUT2D eigenvalue weighted by Crippen LogP contribution is 2.39. The van der Waals surface area contributed by atoms with Crippen LogP contribution >= 0.6 is 0 Å². The molecule has 1 fully saturated rings. The zero-order valence-electron chi connectivity index (χ0n) is 19.7. The van der Waals surface area contributed by atoms with Gasteiger partial charge >= 0.3 is 0 Å². The Morgan fingerprint density at radius 1 is 1.00 bits per heavy atom. The van der Waals surface area contributed by atoms with E-state index in [-0.39, 0.29) is 17.9 Å². The number of carbonyl (C=O) groups is 2. The molecule has 3 aliphatic rings. The maximum atomic E-state index is 13.4. The van der Waals surface area contributed by atoms with Crippen LogP contribution in [0.25, 0.3) is 5.57 Å². The topological polar surface area (TPSA) is 74.7 Å². The first-order valence-electron chi connectivity index (χ1n) is 11.4. The molecule has 2 aromatic rings. The Hall–Kier alpha value is -3.65. The van der Waals surface area contributed by atoms with E-state index in [2.05, 4.69) is 16.9 Å². The number of amides is 2. The van der Waals surface area contributed by atoms with E-state index in [0.29, 0.717) is 34.7 Å². The lowest BCUT2D eigenvalue weighted by Gasteiger charge is -2.32. The summed E-state index contributed by atoms with van der Waals surface area (Å²) in [4.78, 5) is 36.6. The Labute approximate surface area is 199 Å². The molecule has 5 rings (SSSR count). The zero-order chi connectivity index (χ0) is 23.8. The van der Waals surface area contributed by atoms with Crippen LogP contribution in [0.3, 0.4) is 0 Å².